The third kappa shape index (κ3) is 5.33. The minimum atomic E-state index is 0.193. The lowest BCUT2D eigenvalue weighted by molar-refractivity contribution is -0.130. The summed E-state index contributed by atoms with van der Waals surface area (Å²) in [6.45, 7) is 4.15. The number of rotatable bonds is 7. The number of likely N-dealkylation sites (tertiary alicyclic amines) is 1. The van der Waals surface area contributed by atoms with E-state index >= 15 is 0 Å². The molecule has 5 nitrogen and oxygen atoms in total. The molecular weight excluding hydrogens is 230 g/mol. The fourth-order valence-electron chi connectivity index (χ4n) is 2.26. The summed E-state index contributed by atoms with van der Waals surface area (Å²) in [7, 11) is 5.35. The topological polar surface area (TPSA) is 44.8 Å². The van der Waals surface area contributed by atoms with Crippen LogP contribution in [0.25, 0.3) is 0 Å². The summed E-state index contributed by atoms with van der Waals surface area (Å²) in [6, 6.07) is 0.486. The zero-order valence-electron chi connectivity index (χ0n) is 11.9. The Bertz CT molecular complexity index is 246. The van der Waals surface area contributed by atoms with Crippen molar-refractivity contribution in [3.8, 4) is 0 Å². The molecule has 1 amide bonds. The van der Waals surface area contributed by atoms with E-state index in [-0.39, 0.29) is 5.91 Å². The van der Waals surface area contributed by atoms with Crippen molar-refractivity contribution in [3.05, 3.63) is 0 Å². The number of amides is 1. The summed E-state index contributed by atoms with van der Waals surface area (Å²) < 4.78 is 5.02. The minimum absolute atomic E-state index is 0.193. The largest absolute Gasteiger partial charge is 0.383 e. The second-order valence-electron chi connectivity index (χ2n) is 5.11. The molecule has 0 aliphatic carbocycles. The van der Waals surface area contributed by atoms with Gasteiger partial charge in [0.25, 0.3) is 0 Å². The van der Waals surface area contributed by atoms with Crippen molar-refractivity contribution in [2.75, 3.05) is 54.0 Å². The molecule has 0 aromatic carbocycles. The Labute approximate surface area is 110 Å². The number of piperidine rings is 1. The van der Waals surface area contributed by atoms with E-state index in [4.69, 9.17) is 4.74 Å². The number of hydrogen-bond donors (Lipinski definition) is 1. The Morgan fingerprint density at radius 2 is 2.22 bits per heavy atom. The summed E-state index contributed by atoms with van der Waals surface area (Å²) in [5.74, 6) is 0.193. The maximum Gasteiger partial charge on any atom is 0.236 e. The van der Waals surface area contributed by atoms with Crippen LogP contribution in [0.2, 0.25) is 0 Å². The van der Waals surface area contributed by atoms with Gasteiger partial charge in [-0.2, -0.15) is 0 Å². The van der Waals surface area contributed by atoms with Gasteiger partial charge in [-0.1, -0.05) is 6.42 Å². The van der Waals surface area contributed by atoms with E-state index in [0.717, 1.165) is 26.2 Å². The molecule has 106 valence electrons. The van der Waals surface area contributed by atoms with Gasteiger partial charge in [0.05, 0.1) is 13.2 Å². The third-order valence-corrected chi connectivity index (χ3v) is 3.45. The predicted octanol–water partition coefficient (Wildman–Crippen LogP) is 0.165. The van der Waals surface area contributed by atoms with E-state index in [2.05, 4.69) is 10.2 Å². The van der Waals surface area contributed by atoms with Crippen molar-refractivity contribution in [3.63, 3.8) is 0 Å². The van der Waals surface area contributed by atoms with Crippen LogP contribution >= 0.6 is 0 Å². The number of hydrogen-bond acceptors (Lipinski definition) is 4. The van der Waals surface area contributed by atoms with Crippen molar-refractivity contribution in [1.29, 1.82) is 0 Å². The summed E-state index contributed by atoms with van der Waals surface area (Å²) in [5.41, 5.74) is 0. The highest BCUT2D eigenvalue weighted by atomic mass is 16.5. The molecule has 1 atom stereocenters. The van der Waals surface area contributed by atoms with Gasteiger partial charge in [-0.3, -0.25) is 9.69 Å². The van der Waals surface area contributed by atoms with Crippen LogP contribution in [0.1, 0.15) is 19.3 Å². The number of nitrogens with one attached hydrogen (secondary N) is 1. The molecule has 18 heavy (non-hydrogen) atoms. The highest BCUT2D eigenvalue weighted by Crippen LogP contribution is 2.16. The Hall–Kier alpha value is -0.650. The normalized spacial score (nSPS) is 20.9. The van der Waals surface area contributed by atoms with Gasteiger partial charge in [0.2, 0.25) is 5.91 Å². The van der Waals surface area contributed by atoms with Gasteiger partial charge in [0.15, 0.2) is 0 Å². The Morgan fingerprint density at radius 3 is 2.89 bits per heavy atom. The number of likely N-dealkylation sites (N-methyl/N-ethyl adjacent to an activating group) is 1. The summed E-state index contributed by atoms with van der Waals surface area (Å²) in [4.78, 5) is 15.8. The monoisotopic (exact) mass is 257 g/mol. The first-order chi connectivity index (χ1) is 8.65. The average Bonchev–Trinajstić information content (AvgIpc) is 2.36. The molecule has 1 rings (SSSR count). The molecule has 0 aromatic heterocycles. The average molecular weight is 257 g/mol. The quantitative estimate of drug-likeness (QED) is 0.660. The zero-order chi connectivity index (χ0) is 13.4. The molecule has 1 aliphatic heterocycles. The van der Waals surface area contributed by atoms with Crippen LogP contribution < -0.4 is 5.32 Å². The fraction of sp³-hybridized carbons (Fsp3) is 0.923. The van der Waals surface area contributed by atoms with Gasteiger partial charge >= 0.3 is 0 Å². The number of methoxy groups -OCH3 is 1. The van der Waals surface area contributed by atoms with Crippen LogP contribution in [-0.2, 0) is 9.53 Å². The minimum Gasteiger partial charge on any atom is -0.383 e. The van der Waals surface area contributed by atoms with Crippen LogP contribution in [0.15, 0.2) is 0 Å². The SMILES string of the molecule is COCCNCC1CCCCN1CC(=O)N(C)C. The zero-order valence-corrected chi connectivity index (χ0v) is 11.9. The van der Waals surface area contributed by atoms with E-state index < -0.39 is 0 Å². The van der Waals surface area contributed by atoms with E-state index in [1.165, 1.54) is 19.3 Å². The van der Waals surface area contributed by atoms with Gasteiger partial charge in [0.1, 0.15) is 0 Å². The van der Waals surface area contributed by atoms with Crippen molar-refractivity contribution < 1.29 is 9.53 Å². The van der Waals surface area contributed by atoms with Crippen LogP contribution in [-0.4, -0.2) is 75.7 Å². The van der Waals surface area contributed by atoms with Crippen LogP contribution in [0.4, 0.5) is 0 Å². The first-order valence-electron chi connectivity index (χ1n) is 6.79. The van der Waals surface area contributed by atoms with Crippen molar-refractivity contribution in [2.24, 2.45) is 0 Å². The van der Waals surface area contributed by atoms with Crippen LogP contribution in [0.5, 0.6) is 0 Å². The lowest BCUT2D eigenvalue weighted by atomic mass is 10.0. The molecule has 1 unspecified atom stereocenters. The van der Waals surface area contributed by atoms with Gasteiger partial charge in [-0.25, -0.2) is 0 Å². The number of nitrogens with zero attached hydrogens (tertiary/aromatic N) is 2. The van der Waals surface area contributed by atoms with Gasteiger partial charge in [0, 0.05) is 40.3 Å². The molecular formula is C13H27N3O2. The molecule has 0 saturated carbocycles. The first-order valence-corrected chi connectivity index (χ1v) is 6.79. The molecule has 1 N–H and O–H groups in total. The Morgan fingerprint density at radius 1 is 1.44 bits per heavy atom. The number of carbonyl (C=O) groups excluding carboxylic acids is 1. The maximum absolute atomic E-state index is 11.8. The molecule has 1 fully saturated rings. The Balaban J connectivity index is 2.34. The molecule has 1 aliphatic rings. The van der Waals surface area contributed by atoms with Crippen molar-refractivity contribution >= 4 is 5.91 Å². The molecule has 0 aromatic rings. The van der Waals surface area contributed by atoms with E-state index in [1.807, 2.05) is 14.1 Å². The second kappa shape index (κ2) is 8.45. The van der Waals surface area contributed by atoms with Crippen LogP contribution in [0.3, 0.4) is 0 Å². The van der Waals surface area contributed by atoms with Gasteiger partial charge in [-0.15, -0.1) is 0 Å². The van der Waals surface area contributed by atoms with Gasteiger partial charge < -0.3 is 15.0 Å². The van der Waals surface area contributed by atoms with Crippen LogP contribution in [0, 0.1) is 0 Å². The van der Waals surface area contributed by atoms with E-state index in [1.54, 1.807) is 12.0 Å². The lowest BCUT2D eigenvalue weighted by Crippen LogP contribution is -2.49. The predicted molar refractivity (Wildman–Crippen MR) is 72.7 cm³/mol. The second-order valence-corrected chi connectivity index (χ2v) is 5.11. The summed E-state index contributed by atoms with van der Waals surface area (Å²) >= 11 is 0. The summed E-state index contributed by atoms with van der Waals surface area (Å²) in [5, 5.41) is 3.40. The highest BCUT2D eigenvalue weighted by Gasteiger charge is 2.24. The number of carbonyl (C=O) groups is 1. The first kappa shape index (κ1) is 15.4. The molecule has 1 saturated heterocycles. The fourth-order valence-corrected chi connectivity index (χ4v) is 2.26. The highest BCUT2D eigenvalue weighted by molar-refractivity contribution is 5.77. The van der Waals surface area contributed by atoms with Crippen molar-refractivity contribution in [1.82, 2.24) is 15.1 Å². The third-order valence-electron chi connectivity index (χ3n) is 3.45. The molecule has 1 heterocycles. The Kier molecular flexibility index (Phi) is 7.23. The van der Waals surface area contributed by atoms with Gasteiger partial charge in [-0.05, 0) is 19.4 Å². The molecule has 0 radical (unpaired) electrons. The number of ether oxygens (including phenoxy) is 1. The van der Waals surface area contributed by atoms with Crippen molar-refractivity contribution in [2.45, 2.75) is 25.3 Å². The lowest BCUT2D eigenvalue weighted by Gasteiger charge is -2.35. The molecule has 0 bridgehead atoms. The maximum atomic E-state index is 11.8. The summed E-state index contributed by atoms with van der Waals surface area (Å²) in [6.07, 6.45) is 3.65. The van der Waals surface area contributed by atoms with E-state index in [0.29, 0.717) is 12.6 Å². The van der Waals surface area contributed by atoms with E-state index in [9.17, 15) is 4.79 Å². The smallest absolute Gasteiger partial charge is 0.236 e. The standard InChI is InChI=1S/C13H27N3O2/c1-15(2)13(17)11-16-8-5-4-6-12(16)10-14-7-9-18-3/h12,14H,4-11H2,1-3H3. The molecule has 5 heteroatoms. The molecule has 0 spiro atoms.